The quantitative estimate of drug-likeness (QED) is 0.878. The Hall–Kier alpha value is -1.94. The van der Waals surface area contributed by atoms with E-state index in [4.69, 9.17) is 4.74 Å². The van der Waals surface area contributed by atoms with Crippen LogP contribution < -0.4 is 5.32 Å². The van der Waals surface area contributed by atoms with E-state index in [1.165, 1.54) is 0 Å². The van der Waals surface area contributed by atoms with Gasteiger partial charge in [0.05, 0.1) is 23.9 Å². The van der Waals surface area contributed by atoms with Crippen molar-refractivity contribution in [2.45, 2.75) is 39.3 Å². The van der Waals surface area contributed by atoms with Crippen LogP contribution in [0.3, 0.4) is 0 Å². The Kier molecular flexibility index (Phi) is 4.91. The number of hydrogen-bond acceptors (Lipinski definition) is 4. The molecule has 0 bridgehead atoms. The minimum atomic E-state index is -0.138. The Morgan fingerprint density at radius 2 is 1.86 bits per heavy atom. The van der Waals surface area contributed by atoms with Crippen molar-refractivity contribution in [2.24, 2.45) is 0 Å². The maximum Gasteiger partial charge on any atom is 0.0723 e. The minimum Gasteiger partial charge on any atom is -0.378 e. The largest absolute Gasteiger partial charge is 0.378 e. The molecule has 4 nitrogen and oxygen atoms in total. The molecule has 2 heterocycles. The molecule has 0 aliphatic carbocycles. The summed E-state index contributed by atoms with van der Waals surface area (Å²) in [5.41, 5.74) is 2.89. The highest BCUT2D eigenvalue weighted by atomic mass is 16.5. The maximum absolute atomic E-state index is 5.71. The van der Waals surface area contributed by atoms with Crippen LogP contribution in [0.5, 0.6) is 0 Å². The number of ether oxygens (including phenoxy) is 1. The fourth-order valence-electron chi connectivity index (χ4n) is 1.99. The van der Waals surface area contributed by atoms with Crippen LogP contribution in [-0.4, -0.2) is 28.2 Å². The van der Waals surface area contributed by atoms with E-state index in [0.717, 1.165) is 16.9 Å². The third-order valence-electron chi connectivity index (χ3n) is 3.00. The van der Waals surface area contributed by atoms with Crippen molar-refractivity contribution in [1.82, 2.24) is 9.97 Å². The predicted molar refractivity (Wildman–Crippen MR) is 86.3 cm³/mol. The zero-order valence-electron chi connectivity index (χ0n) is 13.1. The lowest BCUT2D eigenvalue weighted by molar-refractivity contribution is 0.0547. The molecule has 0 atom stereocenters. The smallest absolute Gasteiger partial charge is 0.0723 e. The van der Waals surface area contributed by atoms with Gasteiger partial charge in [-0.3, -0.25) is 9.97 Å². The standard InChI is InChI=1S/C17H23N3O/c1-13(2)21-12-17(3,4)20-15-7-10-19-16(11-15)14-5-8-18-9-6-14/h5-11,13H,12H2,1-4H3,(H,19,20). The van der Waals surface area contributed by atoms with Crippen LogP contribution in [0.4, 0.5) is 5.69 Å². The van der Waals surface area contributed by atoms with Crippen LogP contribution in [0.15, 0.2) is 42.9 Å². The van der Waals surface area contributed by atoms with E-state index in [0.29, 0.717) is 6.61 Å². The molecule has 0 aromatic carbocycles. The lowest BCUT2D eigenvalue weighted by Gasteiger charge is -2.28. The summed E-state index contributed by atoms with van der Waals surface area (Å²) in [6, 6.07) is 7.94. The molecule has 4 heteroatoms. The van der Waals surface area contributed by atoms with Gasteiger partial charge in [0, 0.05) is 29.8 Å². The van der Waals surface area contributed by atoms with Gasteiger partial charge in [-0.2, -0.15) is 0 Å². The Morgan fingerprint density at radius 1 is 1.14 bits per heavy atom. The van der Waals surface area contributed by atoms with Crippen molar-refractivity contribution in [2.75, 3.05) is 11.9 Å². The lowest BCUT2D eigenvalue weighted by atomic mass is 10.1. The second-order valence-corrected chi connectivity index (χ2v) is 6.03. The summed E-state index contributed by atoms with van der Waals surface area (Å²) in [4.78, 5) is 8.45. The molecule has 0 spiro atoms. The normalized spacial score (nSPS) is 11.7. The first-order valence-electron chi connectivity index (χ1n) is 7.22. The summed E-state index contributed by atoms with van der Waals surface area (Å²) in [5, 5.41) is 3.50. The van der Waals surface area contributed by atoms with E-state index in [1.54, 1.807) is 12.4 Å². The topological polar surface area (TPSA) is 47.0 Å². The molecule has 2 rings (SSSR count). The van der Waals surface area contributed by atoms with Gasteiger partial charge in [-0.1, -0.05) is 0 Å². The summed E-state index contributed by atoms with van der Waals surface area (Å²) in [6.07, 6.45) is 5.60. The second-order valence-electron chi connectivity index (χ2n) is 6.03. The van der Waals surface area contributed by atoms with Crippen LogP contribution in [0.25, 0.3) is 11.3 Å². The second kappa shape index (κ2) is 6.68. The average Bonchev–Trinajstić information content (AvgIpc) is 2.46. The first-order valence-corrected chi connectivity index (χ1v) is 7.22. The fraction of sp³-hybridized carbons (Fsp3) is 0.412. The Balaban J connectivity index is 2.11. The first kappa shape index (κ1) is 15.4. The molecule has 0 aliphatic rings. The predicted octanol–water partition coefficient (Wildman–Crippen LogP) is 3.76. The summed E-state index contributed by atoms with van der Waals surface area (Å²) < 4.78 is 5.71. The zero-order valence-corrected chi connectivity index (χ0v) is 13.1. The van der Waals surface area contributed by atoms with Crippen molar-refractivity contribution in [1.29, 1.82) is 0 Å². The number of aromatic nitrogens is 2. The Morgan fingerprint density at radius 3 is 2.52 bits per heavy atom. The van der Waals surface area contributed by atoms with Crippen molar-refractivity contribution in [3.05, 3.63) is 42.9 Å². The van der Waals surface area contributed by atoms with Gasteiger partial charge in [0.1, 0.15) is 0 Å². The number of pyridine rings is 2. The van der Waals surface area contributed by atoms with Gasteiger partial charge in [0.25, 0.3) is 0 Å². The summed E-state index contributed by atoms with van der Waals surface area (Å²) in [6.45, 7) is 9.00. The van der Waals surface area contributed by atoms with Gasteiger partial charge in [-0.25, -0.2) is 0 Å². The molecular formula is C17H23N3O. The van der Waals surface area contributed by atoms with Gasteiger partial charge in [-0.15, -0.1) is 0 Å². The third kappa shape index (κ3) is 4.83. The average molecular weight is 285 g/mol. The highest BCUT2D eigenvalue weighted by Crippen LogP contribution is 2.22. The SMILES string of the molecule is CC(C)OCC(C)(C)Nc1ccnc(-c2ccncc2)c1. The van der Waals surface area contributed by atoms with Gasteiger partial charge in [0.2, 0.25) is 0 Å². The van der Waals surface area contributed by atoms with Gasteiger partial charge >= 0.3 is 0 Å². The molecule has 0 unspecified atom stereocenters. The van der Waals surface area contributed by atoms with Crippen LogP contribution in [0.1, 0.15) is 27.7 Å². The molecule has 1 N–H and O–H groups in total. The van der Waals surface area contributed by atoms with Crippen molar-refractivity contribution in [3.8, 4) is 11.3 Å². The summed E-state index contributed by atoms with van der Waals surface area (Å²) in [7, 11) is 0. The molecule has 0 amide bonds. The van der Waals surface area contributed by atoms with Crippen LogP contribution in [0, 0.1) is 0 Å². The van der Waals surface area contributed by atoms with E-state index < -0.39 is 0 Å². The van der Waals surface area contributed by atoms with E-state index in [-0.39, 0.29) is 11.6 Å². The van der Waals surface area contributed by atoms with Gasteiger partial charge in [0.15, 0.2) is 0 Å². The molecule has 21 heavy (non-hydrogen) atoms. The first-order chi connectivity index (χ1) is 9.96. The molecule has 0 fully saturated rings. The molecule has 2 aromatic rings. The number of rotatable bonds is 6. The fourth-order valence-corrected chi connectivity index (χ4v) is 1.99. The number of anilines is 1. The number of nitrogens with one attached hydrogen (secondary N) is 1. The van der Waals surface area contributed by atoms with Crippen molar-refractivity contribution in [3.63, 3.8) is 0 Å². The molecule has 0 saturated heterocycles. The van der Waals surface area contributed by atoms with Crippen molar-refractivity contribution >= 4 is 5.69 Å². The van der Waals surface area contributed by atoms with E-state index in [2.05, 4.69) is 29.1 Å². The van der Waals surface area contributed by atoms with Crippen LogP contribution >= 0.6 is 0 Å². The highest BCUT2D eigenvalue weighted by Gasteiger charge is 2.18. The Labute approximate surface area is 126 Å². The summed E-state index contributed by atoms with van der Waals surface area (Å²) >= 11 is 0. The lowest BCUT2D eigenvalue weighted by Crippen LogP contribution is -2.37. The Bertz CT molecular complexity index is 567. The van der Waals surface area contributed by atoms with Crippen LogP contribution in [-0.2, 0) is 4.74 Å². The van der Waals surface area contributed by atoms with E-state index >= 15 is 0 Å². The van der Waals surface area contributed by atoms with Gasteiger partial charge < -0.3 is 10.1 Å². The molecule has 0 aliphatic heterocycles. The van der Waals surface area contributed by atoms with E-state index in [9.17, 15) is 0 Å². The van der Waals surface area contributed by atoms with Crippen molar-refractivity contribution < 1.29 is 4.74 Å². The van der Waals surface area contributed by atoms with Gasteiger partial charge in [-0.05, 0) is 52.0 Å². The minimum absolute atomic E-state index is 0.138. The monoisotopic (exact) mass is 285 g/mol. The third-order valence-corrected chi connectivity index (χ3v) is 3.00. The highest BCUT2D eigenvalue weighted by molar-refractivity contribution is 5.63. The molecule has 0 radical (unpaired) electrons. The number of hydrogen-bond donors (Lipinski definition) is 1. The van der Waals surface area contributed by atoms with Crippen LogP contribution in [0.2, 0.25) is 0 Å². The summed E-state index contributed by atoms with van der Waals surface area (Å²) in [5.74, 6) is 0. The molecule has 112 valence electrons. The zero-order chi connectivity index (χ0) is 15.3. The molecule has 2 aromatic heterocycles. The molecular weight excluding hydrogens is 262 g/mol. The van der Waals surface area contributed by atoms with E-state index in [1.807, 2.05) is 44.3 Å². The number of nitrogens with zero attached hydrogens (tertiary/aromatic N) is 2. The maximum atomic E-state index is 5.71. The molecule has 0 saturated carbocycles.